The Morgan fingerprint density at radius 2 is 1.83 bits per heavy atom. The zero-order chi connectivity index (χ0) is 17.0. The predicted molar refractivity (Wildman–Crippen MR) is 83.1 cm³/mol. The lowest BCUT2D eigenvalue weighted by atomic mass is 9.99. The number of hydrogen-bond donors (Lipinski definition) is 0. The van der Waals surface area contributed by atoms with Crippen LogP contribution in [0.3, 0.4) is 0 Å². The lowest BCUT2D eigenvalue weighted by Crippen LogP contribution is -2.48. The van der Waals surface area contributed by atoms with Crippen molar-refractivity contribution in [3.05, 3.63) is 18.3 Å². The Balaban J connectivity index is 1.47. The molecule has 3 heterocycles. The van der Waals surface area contributed by atoms with Crippen molar-refractivity contribution < 1.29 is 22.6 Å². The van der Waals surface area contributed by atoms with Crippen molar-refractivity contribution >= 4 is 5.82 Å². The largest absolute Gasteiger partial charge is 0.573 e. The summed E-state index contributed by atoms with van der Waals surface area (Å²) in [5.41, 5.74) is 0. The molecule has 0 amide bonds. The molecule has 0 saturated carbocycles. The Hall–Kier alpha value is -1.54. The van der Waals surface area contributed by atoms with E-state index in [9.17, 15) is 13.2 Å². The van der Waals surface area contributed by atoms with E-state index in [2.05, 4.69) is 19.5 Å². The van der Waals surface area contributed by atoms with Gasteiger partial charge >= 0.3 is 6.36 Å². The van der Waals surface area contributed by atoms with Gasteiger partial charge in [-0.2, -0.15) is 0 Å². The van der Waals surface area contributed by atoms with E-state index in [-0.39, 0.29) is 5.75 Å². The Morgan fingerprint density at radius 3 is 2.42 bits per heavy atom. The van der Waals surface area contributed by atoms with Crippen molar-refractivity contribution in [1.82, 2.24) is 9.88 Å². The molecule has 0 unspecified atom stereocenters. The highest BCUT2D eigenvalue weighted by atomic mass is 19.4. The SMILES string of the molecule is FC(F)(F)Oc1ccc(N2CCN(CC3CCOCC3)CC2)nc1. The van der Waals surface area contributed by atoms with Gasteiger partial charge < -0.3 is 14.4 Å². The van der Waals surface area contributed by atoms with Gasteiger partial charge in [0, 0.05) is 45.9 Å². The predicted octanol–water partition coefficient (Wildman–Crippen LogP) is 2.53. The smallest absolute Gasteiger partial charge is 0.404 e. The minimum atomic E-state index is -4.68. The second kappa shape index (κ2) is 7.57. The van der Waals surface area contributed by atoms with Crippen LogP contribution in [0.1, 0.15) is 12.8 Å². The van der Waals surface area contributed by atoms with E-state index in [4.69, 9.17) is 4.74 Å². The highest BCUT2D eigenvalue weighted by Gasteiger charge is 2.31. The minimum absolute atomic E-state index is 0.288. The first-order chi connectivity index (χ1) is 11.5. The second-order valence-electron chi connectivity index (χ2n) is 6.24. The van der Waals surface area contributed by atoms with Crippen molar-refractivity contribution in [2.75, 3.05) is 50.8 Å². The van der Waals surface area contributed by atoms with Gasteiger partial charge in [-0.3, -0.25) is 4.90 Å². The average molecular weight is 345 g/mol. The van der Waals surface area contributed by atoms with Crippen molar-refractivity contribution in [3.8, 4) is 5.75 Å². The number of rotatable bonds is 4. The Labute approximate surface area is 139 Å². The summed E-state index contributed by atoms with van der Waals surface area (Å²) in [6, 6.07) is 2.89. The molecule has 0 atom stereocenters. The number of halogens is 3. The van der Waals surface area contributed by atoms with Crippen LogP contribution in [0.2, 0.25) is 0 Å². The van der Waals surface area contributed by atoms with Crippen molar-refractivity contribution in [2.45, 2.75) is 19.2 Å². The lowest BCUT2D eigenvalue weighted by Gasteiger charge is -2.37. The number of alkyl halides is 3. The highest BCUT2D eigenvalue weighted by molar-refractivity contribution is 5.41. The van der Waals surface area contributed by atoms with Crippen molar-refractivity contribution in [2.24, 2.45) is 5.92 Å². The number of anilines is 1. The molecular formula is C16H22F3N3O2. The van der Waals surface area contributed by atoms with E-state index in [1.165, 1.54) is 6.07 Å². The van der Waals surface area contributed by atoms with Gasteiger partial charge in [0.15, 0.2) is 0 Å². The summed E-state index contributed by atoms with van der Waals surface area (Å²) < 4.78 is 45.7. The summed E-state index contributed by atoms with van der Waals surface area (Å²) in [4.78, 5) is 8.64. The molecular weight excluding hydrogens is 323 g/mol. The van der Waals surface area contributed by atoms with Crippen LogP contribution < -0.4 is 9.64 Å². The number of ether oxygens (including phenoxy) is 2. The van der Waals surface area contributed by atoms with E-state index >= 15 is 0 Å². The fourth-order valence-corrected chi connectivity index (χ4v) is 3.21. The molecule has 2 fully saturated rings. The molecule has 24 heavy (non-hydrogen) atoms. The molecule has 2 aliphatic rings. The third-order valence-electron chi connectivity index (χ3n) is 4.51. The van der Waals surface area contributed by atoms with Crippen molar-refractivity contribution in [3.63, 3.8) is 0 Å². The highest BCUT2D eigenvalue weighted by Crippen LogP contribution is 2.24. The van der Waals surface area contributed by atoms with E-state index in [0.29, 0.717) is 11.7 Å². The third-order valence-corrected chi connectivity index (χ3v) is 4.51. The van der Waals surface area contributed by atoms with Gasteiger partial charge in [0.05, 0.1) is 6.20 Å². The summed E-state index contributed by atoms with van der Waals surface area (Å²) in [6.07, 6.45) is -1.30. The van der Waals surface area contributed by atoms with Crippen LogP contribution in [0.25, 0.3) is 0 Å². The van der Waals surface area contributed by atoms with Gasteiger partial charge in [-0.05, 0) is 30.9 Å². The first-order valence-electron chi connectivity index (χ1n) is 8.26. The lowest BCUT2D eigenvalue weighted by molar-refractivity contribution is -0.274. The van der Waals surface area contributed by atoms with Crippen LogP contribution in [0.5, 0.6) is 5.75 Å². The van der Waals surface area contributed by atoms with Crippen LogP contribution in [-0.2, 0) is 4.74 Å². The average Bonchev–Trinajstić information content (AvgIpc) is 2.56. The molecule has 0 aromatic carbocycles. The standard InChI is InChI=1S/C16H22F3N3O2/c17-16(18,19)24-14-1-2-15(20-11-14)22-7-5-21(6-8-22)12-13-3-9-23-10-4-13/h1-2,11,13H,3-10,12H2. The van der Waals surface area contributed by atoms with Gasteiger partial charge in [0.2, 0.25) is 0 Å². The van der Waals surface area contributed by atoms with E-state index in [1.54, 1.807) is 6.07 Å². The van der Waals surface area contributed by atoms with Crippen LogP contribution in [0.15, 0.2) is 18.3 Å². The third kappa shape index (κ3) is 4.98. The number of nitrogens with zero attached hydrogens (tertiary/aromatic N) is 3. The van der Waals surface area contributed by atoms with E-state index < -0.39 is 6.36 Å². The molecule has 0 bridgehead atoms. The zero-order valence-corrected chi connectivity index (χ0v) is 13.5. The fourth-order valence-electron chi connectivity index (χ4n) is 3.21. The molecule has 0 N–H and O–H groups in total. The number of hydrogen-bond acceptors (Lipinski definition) is 5. The fraction of sp³-hybridized carbons (Fsp3) is 0.688. The summed E-state index contributed by atoms with van der Waals surface area (Å²) >= 11 is 0. The van der Waals surface area contributed by atoms with Crippen LogP contribution in [0.4, 0.5) is 19.0 Å². The molecule has 8 heteroatoms. The van der Waals surface area contributed by atoms with Gasteiger partial charge in [-0.25, -0.2) is 4.98 Å². The topological polar surface area (TPSA) is 37.8 Å². The van der Waals surface area contributed by atoms with Crippen LogP contribution in [-0.4, -0.2) is 62.2 Å². The molecule has 1 aromatic heterocycles. The molecule has 3 rings (SSSR count). The molecule has 2 aliphatic heterocycles. The molecule has 5 nitrogen and oxygen atoms in total. The molecule has 0 aliphatic carbocycles. The number of aromatic nitrogens is 1. The minimum Gasteiger partial charge on any atom is -0.404 e. The Kier molecular flexibility index (Phi) is 5.45. The van der Waals surface area contributed by atoms with Gasteiger partial charge in [0.25, 0.3) is 0 Å². The number of pyridine rings is 1. The van der Waals surface area contributed by atoms with Gasteiger partial charge in [-0.1, -0.05) is 0 Å². The molecule has 134 valence electrons. The summed E-state index contributed by atoms with van der Waals surface area (Å²) in [7, 11) is 0. The molecule has 0 radical (unpaired) electrons. The Morgan fingerprint density at radius 1 is 1.12 bits per heavy atom. The van der Waals surface area contributed by atoms with E-state index in [1.807, 2.05) is 0 Å². The van der Waals surface area contributed by atoms with Gasteiger partial charge in [0.1, 0.15) is 11.6 Å². The van der Waals surface area contributed by atoms with E-state index in [0.717, 1.165) is 65.0 Å². The monoisotopic (exact) mass is 345 g/mol. The maximum absolute atomic E-state index is 12.2. The summed E-state index contributed by atoms with van der Waals surface area (Å²) in [5.74, 6) is 1.11. The second-order valence-corrected chi connectivity index (χ2v) is 6.24. The van der Waals surface area contributed by atoms with Crippen LogP contribution in [0, 0.1) is 5.92 Å². The maximum Gasteiger partial charge on any atom is 0.573 e. The quantitative estimate of drug-likeness (QED) is 0.838. The summed E-state index contributed by atoms with van der Waals surface area (Å²) in [6.45, 7) is 6.37. The maximum atomic E-state index is 12.2. The number of piperazine rings is 1. The van der Waals surface area contributed by atoms with Crippen LogP contribution >= 0.6 is 0 Å². The normalized spacial score (nSPS) is 21.0. The first-order valence-corrected chi connectivity index (χ1v) is 8.26. The van der Waals surface area contributed by atoms with Crippen molar-refractivity contribution in [1.29, 1.82) is 0 Å². The molecule has 2 saturated heterocycles. The van der Waals surface area contributed by atoms with Gasteiger partial charge in [-0.15, -0.1) is 13.2 Å². The first kappa shape index (κ1) is 17.3. The zero-order valence-electron chi connectivity index (χ0n) is 13.5. The molecule has 0 spiro atoms. The summed E-state index contributed by atoms with van der Waals surface area (Å²) in [5, 5.41) is 0. The molecule has 1 aromatic rings. The Bertz CT molecular complexity index is 510.